The van der Waals surface area contributed by atoms with Crippen LogP contribution in [-0.2, 0) is 6.61 Å². The molecule has 0 spiro atoms. The first-order valence-electron chi connectivity index (χ1n) is 7.69. The van der Waals surface area contributed by atoms with Crippen LogP contribution in [0.5, 0.6) is 5.75 Å². The molecule has 1 aromatic carbocycles. The van der Waals surface area contributed by atoms with Crippen LogP contribution in [0.25, 0.3) is 22.4 Å². The summed E-state index contributed by atoms with van der Waals surface area (Å²) >= 11 is 1.59. The van der Waals surface area contributed by atoms with Gasteiger partial charge in [-0.3, -0.25) is 0 Å². The lowest BCUT2D eigenvalue weighted by molar-refractivity contribution is 0.309. The fourth-order valence-electron chi connectivity index (χ4n) is 2.55. The number of thiazole rings is 1. The van der Waals surface area contributed by atoms with Crippen LogP contribution in [0.4, 0.5) is 0 Å². The number of H-pyrrole nitrogens is 1. The third-order valence-electron chi connectivity index (χ3n) is 3.74. The highest BCUT2D eigenvalue weighted by molar-refractivity contribution is 7.09. The number of furan rings is 1. The molecule has 0 aliphatic rings. The summed E-state index contributed by atoms with van der Waals surface area (Å²) in [6.45, 7) is 4.36. The molecule has 1 N–H and O–H groups in total. The number of hydrogen-bond donors (Lipinski definition) is 1. The first kappa shape index (κ1) is 12.9. The Labute approximate surface area is 138 Å². The maximum atomic E-state index is 7.60. The van der Waals surface area contributed by atoms with E-state index in [0.29, 0.717) is 12.4 Å². The van der Waals surface area contributed by atoms with Gasteiger partial charge >= 0.3 is 0 Å². The quantitative estimate of drug-likeness (QED) is 0.601. The number of aromatic nitrogens is 3. The lowest BCUT2D eigenvalue weighted by Crippen LogP contribution is -1.94. The number of imidazole rings is 1. The van der Waals surface area contributed by atoms with E-state index in [4.69, 9.17) is 10.5 Å². The van der Waals surface area contributed by atoms with E-state index in [-0.39, 0.29) is 6.17 Å². The summed E-state index contributed by atoms with van der Waals surface area (Å²) in [4.78, 5) is 12.6. The summed E-state index contributed by atoms with van der Waals surface area (Å²) in [7, 11) is 0. The minimum absolute atomic E-state index is 0.201. The first-order valence-corrected chi connectivity index (χ1v) is 8.07. The van der Waals surface area contributed by atoms with Crippen LogP contribution in [-0.4, -0.2) is 15.0 Å². The van der Waals surface area contributed by atoms with Gasteiger partial charge < -0.3 is 14.1 Å². The van der Waals surface area contributed by atoms with Crippen molar-refractivity contribution in [1.82, 2.24) is 15.0 Å². The molecule has 0 saturated heterocycles. The third-order valence-corrected chi connectivity index (χ3v) is 4.65. The molecule has 0 amide bonds. The Morgan fingerprint density at radius 1 is 1.35 bits per heavy atom. The normalized spacial score (nSPS) is 11.8. The predicted octanol–water partition coefficient (Wildman–Crippen LogP) is 4.48. The monoisotopic (exact) mass is 326 g/mol. The number of ether oxygens (including phenoxy) is 1. The van der Waals surface area contributed by atoms with E-state index in [1.54, 1.807) is 17.5 Å². The van der Waals surface area contributed by atoms with Crippen LogP contribution < -0.4 is 4.74 Å². The van der Waals surface area contributed by atoms with Gasteiger partial charge in [0.2, 0.25) is 0 Å². The summed E-state index contributed by atoms with van der Waals surface area (Å²) in [5.74, 6) is 2.15. The Balaban J connectivity index is 1.70. The molecule has 0 aliphatic heterocycles. The lowest BCUT2D eigenvalue weighted by atomic mass is 10.1. The molecule has 6 heteroatoms. The minimum Gasteiger partial charge on any atom is -0.488 e. The molecule has 0 unspecified atom stereocenters. The molecule has 5 nitrogen and oxygen atoms in total. The van der Waals surface area contributed by atoms with Crippen molar-refractivity contribution in [2.45, 2.75) is 20.5 Å². The third kappa shape index (κ3) is 2.51. The minimum atomic E-state index is 0.201. The van der Waals surface area contributed by atoms with Crippen molar-refractivity contribution in [3.05, 3.63) is 52.4 Å². The van der Waals surface area contributed by atoms with Gasteiger partial charge in [-0.1, -0.05) is 0 Å². The second-order valence-electron chi connectivity index (χ2n) is 5.22. The molecule has 0 aliphatic carbocycles. The fourth-order valence-corrected chi connectivity index (χ4v) is 3.24. The highest BCUT2D eigenvalue weighted by Gasteiger charge is 2.15. The zero-order valence-corrected chi connectivity index (χ0v) is 13.5. The maximum Gasteiger partial charge on any atom is 0.141 e. The number of nitrogens with zero attached hydrogens (tertiary/aromatic N) is 2. The molecule has 0 saturated carbocycles. The maximum absolute atomic E-state index is 7.60. The molecule has 0 radical (unpaired) electrons. The van der Waals surface area contributed by atoms with Crippen molar-refractivity contribution in [3.8, 4) is 17.1 Å². The molecule has 116 valence electrons. The lowest BCUT2D eigenvalue weighted by Gasteiger charge is -2.05. The second-order valence-corrected chi connectivity index (χ2v) is 6.16. The van der Waals surface area contributed by atoms with E-state index in [9.17, 15) is 0 Å². The zero-order valence-electron chi connectivity index (χ0n) is 13.7. The summed E-state index contributed by atoms with van der Waals surface area (Å²) in [6, 6.07) is 5.73. The standard InChI is InChI=1S/C17H15N3O2S/c1-10-15(23-9-20-10)8-21-12-3-4-14-13(7-12)16(11(2)22-14)17-18-5-6-19-17/h3-7,9H,8H2,1-2H3,(H,18,19)/i5D. The molecule has 0 bridgehead atoms. The number of benzene rings is 1. The van der Waals surface area contributed by atoms with Gasteiger partial charge in [-0.05, 0) is 32.0 Å². The van der Waals surface area contributed by atoms with Crippen LogP contribution in [0.3, 0.4) is 0 Å². The summed E-state index contributed by atoms with van der Waals surface area (Å²) in [5, 5.41) is 0.917. The van der Waals surface area contributed by atoms with E-state index in [2.05, 4.69) is 15.0 Å². The first-order chi connectivity index (χ1) is 11.6. The smallest absolute Gasteiger partial charge is 0.141 e. The van der Waals surface area contributed by atoms with Crippen LogP contribution >= 0.6 is 11.3 Å². The molecule has 4 rings (SSSR count). The van der Waals surface area contributed by atoms with Gasteiger partial charge in [0.05, 0.1) is 23.0 Å². The molecule has 0 atom stereocenters. The highest BCUT2D eigenvalue weighted by atomic mass is 32.1. The van der Waals surface area contributed by atoms with Crippen LogP contribution in [0, 0.1) is 13.8 Å². The Hall–Kier alpha value is -2.60. The van der Waals surface area contributed by atoms with Gasteiger partial charge in [0.25, 0.3) is 0 Å². The SMILES string of the molecule is [2H]c1c[nH]c(-c2c(C)oc3ccc(OCc4scnc4C)cc23)n1. The van der Waals surface area contributed by atoms with Gasteiger partial charge in [0, 0.05) is 17.8 Å². The second kappa shape index (κ2) is 5.55. The van der Waals surface area contributed by atoms with Gasteiger partial charge in [-0.25, -0.2) is 9.97 Å². The Kier molecular flexibility index (Phi) is 3.11. The zero-order chi connectivity index (χ0) is 16.7. The molecule has 3 heterocycles. The number of rotatable bonds is 4. The summed E-state index contributed by atoms with van der Waals surface area (Å²) < 4.78 is 19.3. The molecule has 23 heavy (non-hydrogen) atoms. The number of aryl methyl sites for hydroxylation is 2. The average Bonchev–Trinajstić information content (AvgIpc) is 3.23. The largest absolute Gasteiger partial charge is 0.488 e. The van der Waals surface area contributed by atoms with E-state index in [1.807, 2.05) is 37.6 Å². The van der Waals surface area contributed by atoms with Crippen LogP contribution in [0.2, 0.25) is 0 Å². The van der Waals surface area contributed by atoms with Crippen LogP contribution in [0.15, 0.2) is 40.5 Å². The Bertz CT molecular complexity index is 1020. The Morgan fingerprint density at radius 2 is 2.26 bits per heavy atom. The molecule has 4 aromatic rings. The van der Waals surface area contributed by atoms with Crippen molar-refractivity contribution in [1.29, 1.82) is 0 Å². The molecule has 0 fully saturated rings. The number of aromatic amines is 1. The Morgan fingerprint density at radius 3 is 3.00 bits per heavy atom. The number of hydrogen-bond acceptors (Lipinski definition) is 5. The summed E-state index contributed by atoms with van der Waals surface area (Å²) in [6.07, 6.45) is 1.76. The summed E-state index contributed by atoms with van der Waals surface area (Å²) in [5.41, 5.74) is 4.46. The van der Waals surface area contributed by atoms with Gasteiger partial charge in [0.15, 0.2) is 0 Å². The van der Waals surface area contributed by atoms with Crippen molar-refractivity contribution < 1.29 is 10.5 Å². The van der Waals surface area contributed by atoms with E-state index in [0.717, 1.165) is 38.6 Å². The highest BCUT2D eigenvalue weighted by Crippen LogP contribution is 2.35. The predicted molar refractivity (Wildman–Crippen MR) is 89.7 cm³/mol. The topological polar surface area (TPSA) is 63.9 Å². The van der Waals surface area contributed by atoms with E-state index in [1.165, 1.54) is 0 Å². The average molecular weight is 326 g/mol. The number of fused-ring (bicyclic) bond motifs is 1. The van der Waals surface area contributed by atoms with Gasteiger partial charge in [0.1, 0.15) is 29.5 Å². The fraction of sp³-hybridized carbons (Fsp3) is 0.176. The van der Waals surface area contributed by atoms with Crippen molar-refractivity contribution in [2.75, 3.05) is 0 Å². The van der Waals surface area contributed by atoms with Crippen LogP contribution in [0.1, 0.15) is 17.7 Å². The van der Waals surface area contributed by atoms with E-state index >= 15 is 0 Å². The molecule has 3 aromatic heterocycles. The van der Waals surface area contributed by atoms with Gasteiger partial charge in [-0.15, -0.1) is 11.3 Å². The van der Waals surface area contributed by atoms with Crippen molar-refractivity contribution >= 4 is 22.3 Å². The molecular weight excluding hydrogens is 310 g/mol. The van der Waals surface area contributed by atoms with Crippen molar-refractivity contribution in [2.24, 2.45) is 0 Å². The van der Waals surface area contributed by atoms with Crippen molar-refractivity contribution in [3.63, 3.8) is 0 Å². The molecular formula is C17H15N3O2S. The van der Waals surface area contributed by atoms with Gasteiger partial charge in [-0.2, -0.15) is 0 Å². The van der Waals surface area contributed by atoms with E-state index < -0.39 is 0 Å². The number of nitrogens with one attached hydrogen (secondary N) is 1.